The number of carbonyl (C=O) groups is 1. The molecule has 0 bridgehead atoms. The van der Waals surface area contributed by atoms with E-state index in [1.807, 2.05) is 18.2 Å². The van der Waals surface area contributed by atoms with E-state index in [0.717, 1.165) is 11.8 Å². The number of rotatable bonds is 1. The predicted octanol–water partition coefficient (Wildman–Crippen LogP) is 1.61. The van der Waals surface area contributed by atoms with Crippen molar-refractivity contribution in [3.05, 3.63) is 35.9 Å². The highest BCUT2D eigenvalue weighted by Gasteiger charge is 1.79. The van der Waals surface area contributed by atoms with Crippen molar-refractivity contribution in [1.29, 1.82) is 0 Å². The van der Waals surface area contributed by atoms with E-state index in [-0.39, 0.29) is 1.43 Å². The lowest BCUT2D eigenvalue weighted by Gasteiger charge is -1.81. The highest BCUT2D eigenvalue weighted by Crippen LogP contribution is 1.91. The maximum Gasteiger partial charge on any atom is 1.00 e. The van der Waals surface area contributed by atoms with Gasteiger partial charge >= 0.3 is 1.43 Å². The number of hydrogen-bond acceptors (Lipinski definition) is 1. The van der Waals surface area contributed by atoms with Crippen LogP contribution in [0.15, 0.2) is 30.3 Å². The summed E-state index contributed by atoms with van der Waals surface area (Å²) in [6, 6.07) is 9.10. The lowest BCUT2D eigenvalue weighted by atomic mass is 10.2. The third-order valence-electron chi connectivity index (χ3n) is 0.936. The van der Waals surface area contributed by atoms with Gasteiger partial charge in [0.05, 0.1) is 0 Å². The van der Waals surface area contributed by atoms with Crippen LogP contribution in [0.2, 0.25) is 0 Å². The summed E-state index contributed by atoms with van der Waals surface area (Å²) in [6.07, 6.45) is 0.833. The maximum atomic E-state index is 10.0. The Labute approximate surface area is 49.4 Å². The quantitative estimate of drug-likeness (QED) is 0.498. The van der Waals surface area contributed by atoms with Crippen LogP contribution >= 0.6 is 0 Å². The van der Waals surface area contributed by atoms with Crippen molar-refractivity contribution in [2.75, 3.05) is 0 Å². The number of benzene rings is 1. The van der Waals surface area contributed by atoms with Gasteiger partial charge in [-0.05, 0) is 0 Å². The van der Waals surface area contributed by atoms with E-state index in [9.17, 15) is 4.79 Å². The molecule has 0 heterocycles. The Balaban J connectivity index is 0.000000640. The van der Waals surface area contributed by atoms with Crippen LogP contribution in [0.3, 0.4) is 0 Å². The van der Waals surface area contributed by atoms with Gasteiger partial charge < -0.3 is 0 Å². The molecule has 0 aromatic heterocycles. The molecule has 1 heteroatoms. The zero-order chi connectivity index (χ0) is 5.82. The van der Waals surface area contributed by atoms with Gasteiger partial charge in [-0.25, -0.2) is 0 Å². The molecular weight excluding hydrogens is 100 g/mol. The largest absolute Gasteiger partial charge is 1.00 e. The molecule has 0 aliphatic heterocycles. The maximum absolute atomic E-state index is 10.0. The summed E-state index contributed by atoms with van der Waals surface area (Å²) in [5, 5.41) is 0. The molecule has 1 nitrogen and oxygen atoms in total. The standard InChI is InChI=1S/C7H6O/c8-6-7-4-2-1-3-5-7/h1-6H/p+1. The zero-order valence-corrected chi connectivity index (χ0v) is 4.37. The molecule has 0 amide bonds. The molecule has 0 radical (unpaired) electrons. The summed E-state index contributed by atoms with van der Waals surface area (Å²) in [5.74, 6) is 0. The second-order valence-corrected chi connectivity index (χ2v) is 1.53. The van der Waals surface area contributed by atoms with Crippen molar-refractivity contribution in [3.63, 3.8) is 0 Å². The van der Waals surface area contributed by atoms with Gasteiger partial charge in [-0.3, -0.25) is 4.79 Å². The van der Waals surface area contributed by atoms with Crippen molar-refractivity contribution in [2.45, 2.75) is 0 Å². The summed E-state index contributed by atoms with van der Waals surface area (Å²) in [6.45, 7) is 0. The molecule has 0 aliphatic rings. The van der Waals surface area contributed by atoms with Crippen LogP contribution in [0.5, 0.6) is 0 Å². The van der Waals surface area contributed by atoms with Crippen LogP contribution < -0.4 is 0 Å². The fourth-order valence-corrected chi connectivity index (χ4v) is 0.532. The van der Waals surface area contributed by atoms with Crippen molar-refractivity contribution in [3.8, 4) is 0 Å². The van der Waals surface area contributed by atoms with Crippen molar-refractivity contribution < 1.29 is 6.22 Å². The Morgan fingerprint density at radius 2 is 1.88 bits per heavy atom. The second kappa shape index (κ2) is 2.26. The first kappa shape index (κ1) is 5.04. The van der Waals surface area contributed by atoms with Crippen molar-refractivity contribution in [2.24, 2.45) is 0 Å². The summed E-state index contributed by atoms with van der Waals surface area (Å²) in [7, 11) is 0. The predicted molar refractivity (Wildman–Crippen MR) is 32.9 cm³/mol. The summed E-state index contributed by atoms with van der Waals surface area (Å²) < 4.78 is 0. The first-order chi connectivity index (χ1) is 3.93. The monoisotopic (exact) mass is 107 g/mol. The van der Waals surface area contributed by atoms with Crippen LogP contribution in [0.1, 0.15) is 11.8 Å². The third-order valence-corrected chi connectivity index (χ3v) is 0.936. The van der Waals surface area contributed by atoms with E-state index in [2.05, 4.69) is 0 Å². The van der Waals surface area contributed by atoms with Gasteiger partial charge in [0.15, 0.2) is 0 Å². The minimum Gasteiger partial charge on any atom is -0.298 e. The molecule has 0 fully saturated rings. The van der Waals surface area contributed by atoms with Gasteiger partial charge in [0, 0.05) is 5.56 Å². The highest BCUT2D eigenvalue weighted by molar-refractivity contribution is 5.74. The van der Waals surface area contributed by atoms with E-state index < -0.39 is 0 Å². The molecule has 0 atom stereocenters. The Kier molecular flexibility index (Phi) is 1.42. The average Bonchev–Trinajstić information content (AvgIpc) is 1.90. The average molecular weight is 107 g/mol. The SMILES string of the molecule is O=Cc1ccccc1.[H+]. The van der Waals surface area contributed by atoms with Crippen LogP contribution in [0, 0.1) is 0 Å². The van der Waals surface area contributed by atoms with E-state index in [1.165, 1.54) is 0 Å². The van der Waals surface area contributed by atoms with Crippen molar-refractivity contribution >= 4 is 6.29 Å². The molecule has 1 aromatic carbocycles. The molecule has 0 spiro atoms. The van der Waals surface area contributed by atoms with Gasteiger partial charge in [-0.2, -0.15) is 0 Å². The minimum absolute atomic E-state index is 0. The molecule has 1 rings (SSSR count). The van der Waals surface area contributed by atoms with Gasteiger partial charge in [-0.15, -0.1) is 0 Å². The van der Waals surface area contributed by atoms with Gasteiger partial charge in [0.25, 0.3) is 0 Å². The lowest BCUT2D eigenvalue weighted by molar-refractivity contribution is 0.112. The normalized spacial score (nSPS) is 8.50. The fourth-order valence-electron chi connectivity index (χ4n) is 0.532. The van der Waals surface area contributed by atoms with E-state index in [0.29, 0.717) is 0 Å². The van der Waals surface area contributed by atoms with Crippen molar-refractivity contribution in [1.82, 2.24) is 0 Å². The molecule has 0 saturated heterocycles. The molecular formula is C7H7O+. The Morgan fingerprint density at radius 1 is 1.25 bits per heavy atom. The van der Waals surface area contributed by atoms with E-state index >= 15 is 0 Å². The molecule has 0 unspecified atom stereocenters. The minimum atomic E-state index is 0. The van der Waals surface area contributed by atoms with E-state index in [4.69, 9.17) is 0 Å². The van der Waals surface area contributed by atoms with Gasteiger partial charge in [0.2, 0.25) is 0 Å². The molecule has 0 saturated carbocycles. The Hall–Kier alpha value is -1.11. The lowest BCUT2D eigenvalue weighted by Crippen LogP contribution is -1.73. The summed E-state index contributed by atoms with van der Waals surface area (Å²) in [4.78, 5) is 10.0. The van der Waals surface area contributed by atoms with Gasteiger partial charge in [-0.1, -0.05) is 30.3 Å². The number of aldehydes is 1. The first-order valence-electron chi connectivity index (χ1n) is 2.44. The summed E-state index contributed by atoms with van der Waals surface area (Å²) >= 11 is 0. The van der Waals surface area contributed by atoms with Gasteiger partial charge in [0.1, 0.15) is 6.29 Å². The van der Waals surface area contributed by atoms with Crippen LogP contribution in [-0.4, -0.2) is 6.29 Å². The fraction of sp³-hybridized carbons (Fsp3) is 0. The molecule has 0 N–H and O–H groups in total. The third kappa shape index (κ3) is 0.936. The molecule has 0 aliphatic carbocycles. The Morgan fingerprint density at radius 3 is 2.25 bits per heavy atom. The molecule has 8 heavy (non-hydrogen) atoms. The number of carbonyl (C=O) groups excluding carboxylic acids is 1. The molecule has 40 valence electrons. The zero-order valence-electron chi connectivity index (χ0n) is 5.37. The highest BCUT2D eigenvalue weighted by atomic mass is 16.1. The first-order valence-corrected chi connectivity index (χ1v) is 2.44. The smallest absolute Gasteiger partial charge is 0.298 e. The van der Waals surface area contributed by atoms with E-state index in [1.54, 1.807) is 12.1 Å². The summed E-state index contributed by atoms with van der Waals surface area (Å²) in [5.41, 5.74) is 0.729. The second-order valence-electron chi connectivity index (χ2n) is 1.53. The Bertz CT molecular complexity index is 172. The van der Waals surface area contributed by atoms with Crippen LogP contribution in [-0.2, 0) is 0 Å². The number of hydrogen-bond donors (Lipinski definition) is 0. The van der Waals surface area contributed by atoms with Crippen LogP contribution in [0.4, 0.5) is 0 Å². The van der Waals surface area contributed by atoms with Crippen LogP contribution in [0.25, 0.3) is 0 Å². The topological polar surface area (TPSA) is 17.1 Å². The molecule has 1 aromatic rings.